The van der Waals surface area contributed by atoms with Crippen LogP contribution < -0.4 is 5.73 Å². The first-order valence-electron chi connectivity index (χ1n) is 7.21. The summed E-state index contributed by atoms with van der Waals surface area (Å²) in [6.07, 6.45) is 6.45. The fourth-order valence-electron chi connectivity index (χ4n) is 3.00. The van der Waals surface area contributed by atoms with Crippen LogP contribution in [-0.4, -0.2) is 18.1 Å². The molecule has 0 bridgehead atoms. The molecule has 0 amide bonds. The lowest BCUT2D eigenvalue weighted by Crippen LogP contribution is -2.44. The van der Waals surface area contributed by atoms with Crippen molar-refractivity contribution in [3.05, 3.63) is 41.1 Å². The number of hydrogen-bond donors (Lipinski definition) is 2. The molecule has 0 spiro atoms. The maximum atomic E-state index is 11.2. The fraction of sp³-hybridized carbons (Fsp3) is 0.353. The Bertz CT molecular complexity index is 724. The minimum Gasteiger partial charge on any atom is -0.466 e. The smallest absolute Gasteiger partial charge is 0.330 e. The van der Waals surface area contributed by atoms with Gasteiger partial charge in [-0.25, -0.2) is 4.79 Å². The molecule has 1 aromatic heterocycles. The SMILES string of the molecule is COC(=O)C=Cc1ccc2c(C)c(C3(N)CCC3)[nH]c2c1. The van der Waals surface area contributed by atoms with Gasteiger partial charge in [0.2, 0.25) is 0 Å². The quantitative estimate of drug-likeness (QED) is 0.672. The van der Waals surface area contributed by atoms with E-state index in [4.69, 9.17) is 5.73 Å². The van der Waals surface area contributed by atoms with Gasteiger partial charge in [-0.3, -0.25) is 0 Å². The molecular weight excluding hydrogens is 264 g/mol. The van der Waals surface area contributed by atoms with Crippen molar-refractivity contribution < 1.29 is 9.53 Å². The summed E-state index contributed by atoms with van der Waals surface area (Å²) in [5.41, 5.74) is 10.7. The van der Waals surface area contributed by atoms with Gasteiger partial charge in [0, 0.05) is 22.7 Å². The topological polar surface area (TPSA) is 68.1 Å². The number of ether oxygens (including phenoxy) is 1. The highest BCUT2D eigenvalue weighted by Crippen LogP contribution is 2.41. The summed E-state index contributed by atoms with van der Waals surface area (Å²) in [7, 11) is 1.37. The second kappa shape index (κ2) is 5.04. The number of nitrogens with two attached hydrogens (primary N) is 1. The number of nitrogens with one attached hydrogen (secondary N) is 1. The fourth-order valence-corrected chi connectivity index (χ4v) is 3.00. The Balaban J connectivity index is 1.99. The Morgan fingerprint density at radius 2 is 2.19 bits per heavy atom. The van der Waals surface area contributed by atoms with Gasteiger partial charge >= 0.3 is 5.97 Å². The molecule has 1 saturated carbocycles. The van der Waals surface area contributed by atoms with Crippen LogP contribution in [0.2, 0.25) is 0 Å². The summed E-state index contributed by atoms with van der Waals surface area (Å²) in [5.74, 6) is -0.353. The number of aryl methyl sites for hydroxylation is 1. The molecule has 1 heterocycles. The largest absolute Gasteiger partial charge is 0.466 e. The third-order valence-electron chi connectivity index (χ3n) is 4.44. The first kappa shape index (κ1) is 13.9. The number of H-pyrrole nitrogens is 1. The normalized spacial score (nSPS) is 17.1. The number of aromatic amines is 1. The van der Waals surface area contributed by atoms with E-state index in [0.29, 0.717) is 0 Å². The van der Waals surface area contributed by atoms with Gasteiger partial charge in [-0.1, -0.05) is 12.1 Å². The number of fused-ring (bicyclic) bond motifs is 1. The van der Waals surface area contributed by atoms with Crippen LogP contribution in [0.3, 0.4) is 0 Å². The molecule has 3 N–H and O–H groups in total. The maximum Gasteiger partial charge on any atom is 0.330 e. The summed E-state index contributed by atoms with van der Waals surface area (Å²) in [6.45, 7) is 2.12. The van der Waals surface area contributed by atoms with E-state index in [-0.39, 0.29) is 11.5 Å². The highest BCUT2D eigenvalue weighted by atomic mass is 16.5. The molecule has 2 aromatic rings. The lowest BCUT2D eigenvalue weighted by Gasteiger charge is -2.38. The van der Waals surface area contributed by atoms with Crippen molar-refractivity contribution in [2.24, 2.45) is 5.73 Å². The highest BCUT2D eigenvalue weighted by Gasteiger charge is 2.37. The van der Waals surface area contributed by atoms with Gasteiger partial charge < -0.3 is 15.5 Å². The highest BCUT2D eigenvalue weighted by molar-refractivity contribution is 5.90. The predicted octanol–water partition coefficient (Wildman–Crippen LogP) is 3.00. The second-order valence-corrected chi connectivity index (χ2v) is 5.80. The molecule has 0 radical (unpaired) electrons. The second-order valence-electron chi connectivity index (χ2n) is 5.80. The van der Waals surface area contributed by atoms with Crippen molar-refractivity contribution >= 4 is 22.9 Å². The van der Waals surface area contributed by atoms with Crippen LogP contribution in [0.4, 0.5) is 0 Å². The standard InChI is InChI=1S/C17H20N2O2/c1-11-13-6-4-12(5-7-15(20)21-2)10-14(13)19-16(11)17(18)8-3-9-17/h4-7,10,19H,3,8-9,18H2,1-2H3. The predicted molar refractivity (Wildman–Crippen MR) is 83.8 cm³/mol. The van der Waals surface area contributed by atoms with Crippen LogP contribution in [0, 0.1) is 6.92 Å². The van der Waals surface area contributed by atoms with E-state index in [1.165, 1.54) is 30.6 Å². The summed E-state index contributed by atoms with van der Waals surface area (Å²) in [5, 5.41) is 1.19. The van der Waals surface area contributed by atoms with E-state index in [9.17, 15) is 4.79 Å². The molecule has 1 aliphatic carbocycles. The molecule has 110 valence electrons. The van der Waals surface area contributed by atoms with E-state index < -0.39 is 0 Å². The molecule has 1 aliphatic rings. The van der Waals surface area contributed by atoms with Crippen molar-refractivity contribution in [1.29, 1.82) is 0 Å². The molecule has 4 heteroatoms. The Hall–Kier alpha value is -2.07. The average Bonchev–Trinajstić information content (AvgIpc) is 2.79. The van der Waals surface area contributed by atoms with Crippen molar-refractivity contribution in [3.8, 4) is 0 Å². The van der Waals surface area contributed by atoms with Crippen LogP contribution in [0.15, 0.2) is 24.3 Å². The Morgan fingerprint density at radius 3 is 2.81 bits per heavy atom. The molecule has 21 heavy (non-hydrogen) atoms. The number of methoxy groups -OCH3 is 1. The van der Waals surface area contributed by atoms with E-state index in [1.807, 2.05) is 12.1 Å². The van der Waals surface area contributed by atoms with Crippen molar-refractivity contribution in [1.82, 2.24) is 4.98 Å². The lowest BCUT2D eigenvalue weighted by atomic mass is 9.74. The van der Waals surface area contributed by atoms with E-state index in [1.54, 1.807) is 6.08 Å². The van der Waals surface area contributed by atoms with Gasteiger partial charge in [-0.2, -0.15) is 0 Å². The monoisotopic (exact) mass is 284 g/mol. The molecule has 3 rings (SSSR count). The van der Waals surface area contributed by atoms with Crippen LogP contribution in [0.1, 0.15) is 36.1 Å². The van der Waals surface area contributed by atoms with Gasteiger partial charge in [0.1, 0.15) is 0 Å². The van der Waals surface area contributed by atoms with Crippen molar-refractivity contribution in [3.63, 3.8) is 0 Å². The van der Waals surface area contributed by atoms with E-state index >= 15 is 0 Å². The Kier molecular flexibility index (Phi) is 3.33. The molecule has 0 unspecified atom stereocenters. The number of aromatic nitrogens is 1. The van der Waals surface area contributed by atoms with Gasteiger partial charge in [-0.15, -0.1) is 0 Å². The molecule has 0 atom stereocenters. The number of hydrogen-bond acceptors (Lipinski definition) is 3. The Morgan fingerprint density at radius 1 is 1.43 bits per heavy atom. The van der Waals surface area contributed by atoms with Gasteiger partial charge in [-0.05, 0) is 49.5 Å². The number of esters is 1. The number of benzene rings is 1. The van der Waals surface area contributed by atoms with Gasteiger partial charge in [0.15, 0.2) is 0 Å². The average molecular weight is 284 g/mol. The van der Waals surface area contributed by atoms with Crippen LogP contribution >= 0.6 is 0 Å². The lowest BCUT2D eigenvalue weighted by molar-refractivity contribution is -0.134. The minimum absolute atomic E-state index is 0.189. The van der Waals surface area contributed by atoms with Crippen LogP contribution in [0.25, 0.3) is 17.0 Å². The molecule has 0 aliphatic heterocycles. The zero-order chi connectivity index (χ0) is 15.0. The van der Waals surface area contributed by atoms with Crippen molar-refractivity contribution in [2.75, 3.05) is 7.11 Å². The molecule has 0 saturated heterocycles. The summed E-state index contributed by atoms with van der Waals surface area (Å²) >= 11 is 0. The summed E-state index contributed by atoms with van der Waals surface area (Å²) < 4.78 is 4.60. The number of rotatable bonds is 3. The molecule has 1 aromatic carbocycles. The van der Waals surface area contributed by atoms with Gasteiger partial charge in [0.05, 0.1) is 12.6 Å². The van der Waals surface area contributed by atoms with Crippen LogP contribution in [0.5, 0.6) is 0 Å². The molecule has 1 fully saturated rings. The third-order valence-corrected chi connectivity index (χ3v) is 4.44. The van der Waals surface area contributed by atoms with Crippen LogP contribution in [-0.2, 0) is 15.1 Å². The van der Waals surface area contributed by atoms with E-state index in [0.717, 1.165) is 29.6 Å². The number of carbonyl (C=O) groups excluding carboxylic acids is 1. The first-order valence-corrected chi connectivity index (χ1v) is 7.21. The first-order chi connectivity index (χ1) is 10.0. The zero-order valence-electron chi connectivity index (χ0n) is 12.4. The maximum absolute atomic E-state index is 11.2. The van der Waals surface area contributed by atoms with E-state index in [2.05, 4.69) is 22.7 Å². The molecular formula is C17H20N2O2. The van der Waals surface area contributed by atoms with Crippen molar-refractivity contribution in [2.45, 2.75) is 31.7 Å². The third kappa shape index (κ3) is 2.36. The Labute approximate surface area is 124 Å². The van der Waals surface area contributed by atoms with Gasteiger partial charge in [0.25, 0.3) is 0 Å². The minimum atomic E-state index is -0.353. The summed E-state index contributed by atoms with van der Waals surface area (Å²) in [6, 6.07) is 6.10. The number of carbonyl (C=O) groups is 1. The summed E-state index contributed by atoms with van der Waals surface area (Å²) in [4.78, 5) is 14.6. The zero-order valence-corrected chi connectivity index (χ0v) is 12.4. The molecule has 4 nitrogen and oxygen atoms in total.